The lowest BCUT2D eigenvalue weighted by atomic mass is 9.63. The van der Waals surface area contributed by atoms with Crippen molar-refractivity contribution in [3.05, 3.63) is 5.89 Å². The minimum absolute atomic E-state index is 0.220. The number of nitrogens with two attached hydrogens (primary N) is 1. The zero-order valence-corrected chi connectivity index (χ0v) is 12.7. The third kappa shape index (κ3) is 3.69. The van der Waals surface area contributed by atoms with Gasteiger partial charge in [0, 0.05) is 6.04 Å². The molecule has 5 nitrogen and oxygen atoms in total. The van der Waals surface area contributed by atoms with E-state index in [1.165, 1.54) is 6.42 Å². The molecule has 1 atom stereocenters. The fraction of sp³-hybridized carbons (Fsp3) is 0.857. The first-order valence-electron chi connectivity index (χ1n) is 7.02. The summed E-state index contributed by atoms with van der Waals surface area (Å²) in [5.41, 5.74) is 6.40. The molecule has 0 radical (unpaired) electrons. The Morgan fingerprint density at radius 3 is 2.26 bits per heavy atom. The molecule has 1 saturated carbocycles. The maximum atomic E-state index is 5.72. The van der Waals surface area contributed by atoms with Crippen LogP contribution in [0.15, 0.2) is 4.42 Å². The van der Waals surface area contributed by atoms with Crippen molar-refractivity contribution in [2.45, 2.75) is 66.0 Å². The van der Waals surface area contributed by atoms with Gasteiger partial charge in [-0.25, -0.2) is 0 Å². The molecule has 1 heterocycles. The Morgan fingerprint density at radius 1 is 1.21 bits per heavy atom. The van der Waals surface area contributed by atoms with Gasteiger partial charge in [-0.2, -0.15) is 0 Å². The molecule has 1 aliphatic rings. The zero-order valence-electron chi connectivity index (χ0n) is 12.7. The Labute approximate surface area is 115 Å². The van der Waals surface area contributed by atoms with Gasteiger partial charge in [0.2, 0.25) is 5.89 Å². The first-order valence-corrected chi connectivity index (χ1v) is 7.02. The molecule has 0 amide bonds. The fourth-order valence-electron chi connectivity index (χ4n) is 3.60. The van der Waals surface area contributed by atoms with Gasteiger partial charge in [0.1, 0.15) is 0 Å². The molecule has 1 fully saturated rings. The second kappa shape index (κ2) is 4.78. The molecule has 1 aromatic rings. The second-order valence-corrected chi connectivity index (χ2v) is 7.49. The topological polar surface area (TPSA) is 77.0 Å². The molecule has 0 saturated heterocycles. The first-order chi connectivity index (χ1) is 8.67. The minimum atomic E-state index is -0.220. The average Bonchev–Trinajstić information content (AvgIpc) is 2.60. The van der Waals surface area contributed by atoms with Crippen molar-refractivity contribution in [2.75, 3.05) is 5.32 Å². The van der Waals surface area contributed by atoms with Gasteiger partial charge in [-0.1, -0.05) is 32.8 Å². The summed E-state index contributed by atoms with van der Waals surface area (Å²) in [4.78, 5) is 0. The van der Waals surface area contributed by atoms with E-state index < -0.39 is 0 Å². The predicted molar refractivity (Wildman–Crippen MR) is 75.7 cm³/mol. The monoisotopic (exact) mass is 266 g/mol. The first kappa shape index (κ1) is 14.3. The number of anilines is 1. The van der Waals surface area contributed by atoms with E-state index in [0.29, 0.717) is 28.8 Å². The van der Waals surface area contributed by atoms with E-state index in [2.05, 4.69) is 43.2 Å². The van der Waals surface area contributed by atoms with Crippen LogP contribution in [-0.4, -0.2) is 16.2 Å². The number of aromatic nitrogens is 2. The molecular weight excluding hydrogens is 240 g/mol. The summed E-state index contributed by atoms with van der Waals surface area (Å²) in [6, 6.07) is 0.646. The SMILES string of the molecule is CC(N)c1nnc(NC2CC(C)(C)CC(C)(C)C2)o1. The predicted octanol–water partition coefficient (Wildman–Crippen LogP) is 3.11. The van der Waals surface area contributed by atoms with Gasteiger partial charge in [0.05, 0.1) is 6.04 Å². The van der Waals surface area contributed by atoms with Crippen LogP contribution < -0.4 is 11.1 Å². The van der Waals surface area contributed by atoms with Crippen molar-refractivity contribution in [3.63, 3.8) is 0 Å². The smallest absolute Gasteiger partial charge is 0.315 e. The van der Waals surface area contributed by atoms with E-state index in [4.69, 9.17) is 10.2 Å². The quantitative estimate of drug-likeness (QED) is 0.879. The van der Waals surface area contributed by atoms with Crippen molar-refractivity contribution < 1.29 is 4.42 Å². The van der Waals surface area contributed by atoms with E-state index in [0.717, 1.165) is 12.8 Å². The van der Waals surface area contributed by atoms with Crippen LogP contribution in [0.25, 0.3) is 0 Å². The van der Waals surface area contributed by atoms with Gasteiger partial charge in [-0.3, -0.25) is 0 Å². The molecule has 0 aliphatic heterocycles. The number of hydrogen-bond acceptors (Lipinski definition) is 5. The number of hydrogen-bond donors (Lipinski definition) is 2. The zero-order chi connectivity index (χ0) is 14.3. The minimum Gasteiger partial charge on any atom is -0.406 e. The molecule has 0 spiro atoms. The van der Waals surface area contributed by atoms with Crippen LogP contribution in [0.4, 0.5) is 6.01 Å². The normalized spacial score (nSPS) is 24.1. The van der Waals surface area contributed by atoms with Crippen LogP contribution in [0.3, 0.4) is 0 Å². The highest BCUT2D eigenvalue weighted by Crippen LogP contribution is 2.46. The van der Waals surface area contributed by atoms with Crippen molar-refractivity contribution >= 4 is 6.01 Å². The lowest BCUT2D eigenvalue weighted by Crippen LogP contribution is -2.40. The van der Waals surface area contributed by atoms with Gasteiger partial charge in [0.25, 0.3) is 0 Å². The maximum absolute atomic E-state index is 5.72. The molecule has 0 aromatic carbocycles. The highest BCUT2D eigenvalue weighted by Gasteiger charge is 2.38. The van der Waals surface area contributed by atoms with E-state index >= 15 is 0 Å². The lowest BCUT2D eigenvalue weighted by Gasteiger charge is -2.44. The molecule has 1 unspecified atom stereocenters. The third-order valence-corrected chi connectivity index (χ3v) is 3.71. The van der Waals surface area contributed by atoms with Crippen LogP contribution in [-0.2, 0) is 0 Å². The molecule has 5 heteroatoms. The van der Waals surface area contributed by atoms with Crippen molar-refractivity contribution in [2.24, 2.45) is 16.6 Å². The number of rotatable bonds is 3. The Balaban J connectivity index is 2.05. The maximum Gasteiger partial charge on any atom is 0.315 e. The van der Waals surface area contributed by atoms with E-state index in [9.17, 15) is 0 Å². The molecule has 19 heavy (non-hydrogen) atoms. The van der Waals surface area contributed by atoms with Crippen molar-refractivity contribution in [1.29, 1.82) is 0 Å². The third-order valence-electron chi connectivity index (χ3n) is 3.71. The van der Waals surface area contributed by atoms with Gasteiger partial charge in [-0.05, 0) is 37.0 Å². The van der Waals surface area contributed by atoms with Crippen molar-refractivity contribution in [1.82, 2.24) is 10.2 Å². The van der Waals surface area contributed by atoms with Gasteiger partial charge in [-0.15, -0.1) is 5.10 Å². The highest BCUT2D eigenvalue weighted by molar-refractivity contribution is 5.21. The summed E-state index contributed by atoms with van der Waals surface area (Å²) in [7, 11) is 0. The van der Waals surface area contributed by atoms with Crippen LogP contribution in [0.5, 0.6) is 0 Å². The molecular formula is C14H26N4O. The molecule has 1 aliphatic carbocycles. The summed E-state index contributed by atoms with van der Waals surface area (Å²) in [6.45, 7) is 11.1. The van der Waals surface area contributed by atoms with Crippen LogP contribution in [0.2, 0.25) is 0 Å². The van der Waals surface area contributed by atoms with E-state index in [1.54, 1.807) is 0 Å². The summed E-state index contributed by atoms with van der Waals surface area (Å²) in [5.74, 6) is 0.483. The number of nitrogens with zero attached hydrogens (tertiary/aromatic N) is 2. The Hall–Kier alpha value is -1.10. The highest BCUT2D eigenvalue weighted by atomic mass is 16.4. The molecule has 108 valence electrons. The van der Waals surface area contributed by atoms with Crippen LogP contribution in [0, 0.1) is 10.8 Å². The van der Waals surface area contributed by atoms with Crippen LogP contribution in [0.1, 0.15) is 65.8 Å². The second-order valence-electron chi connectivity index (χ2n) is 7.49. The summed E-state index contributed by atoms with van der Waals surface area (Å²) < 4.78 is 5.53. The van der Waals surface area contributed by atoms with Crippen LogP contribution >= 0.6 is 0 Å². The largest absolute Gasteiger partial charge is 0.406 e. The van der Waals surface area contributed by atoms with E-state index in [1.807, 2.05) is 6.92 Å². The Kier molecular flexibility index (Phi) is 3.60. The number of nitrogens with one attached hydrogen (secondary N) is 1. The standard InChI is InChI=1S/C14H26N4O/c1-9(15)11-17-18-12(19-11)16-10-6-13(2,3)8-14(4,5)7-10/h9-10H,6-8,15H2,1-5H3,(H,16,18). The summed E-state index contributed by atoms with van der Waals surface area (Å²) >= 11 is 0. The molecule has 3 N–H and O–H groups in total. The Bertz CT molecular complexity index is 420. The lowest BCUT2D eigenvalue weighted by molar-refractivity contribution is 0.104. The van der Waals surface area contributed by atoms with Crippen molar-refractivity contribution in [3.8, 4) is 0 Å². The molecule has 1 aromatic heterocycles. The summed E-state index contributed by atoms with van der Waals surface area (Å²) in [6.07, 6.45) is 3.48. The van der Waals surface area contributed by atoms with Gasteiger partial charge in [0.15, 0.2) is 0 Å². The Morgan fingerprint density at radius 2 is 1.79 bits per heavy atom. The summed E-state index contributed by atoms with van der Waals surface area (Å²) in [5, 5.41) is 11.3. The average molecular weight is 266 g/mol. The molecule has 2 rings (SSSR count). The van der Waals surface area contributed by atoms with Gasteiger partial charge < -0.3 is 15.5 Å². The van der Waals surface area contributed by atoms with Gasteiger partial charge >= 0.3 is 6.01 Å². The fourth-order valence-corrected chi connectivity index (χ4v) is 3.60. The molecule has 0 bridgehead atoms. The van der Waals surface area contributed by atoms with E-state index in [-0.39, 0.29) is 6.04 Å².